The molecule has 0 aliphatic heterocycles. The maximum absolute atomic E-state index is 13.0. The average Bonchev–Trinajstić information content (AvgIpc) is 3.41. The highest BCUT2D eigenvalue weighted by atomic mass is 32.1. The van der Waals surface area contributed by atoms with Gasteiger partial charge in [-0.05, 0) is 54.1 Å². The van der Waals surface area contributed by atoms with E-state index < -0.39 is 17.2 Å². The van der Waals surface area contributed by atoms with E-state index in [1.165, 1.54) is 6.20 Å². The van der Waals surface area contributed by atoms with Gasteiger partial charge in [0.15, 0.2) is 0 Å². The summed E-state index contributed by atoms with van der Waals surface area (Å²) >= 11 is 1.61. The fourth-order valence-corrected chi connectivity index (χ4v) is 4.13. The molecule has 4 rings (SSSR count). The zero-order valence-electron chi connectivity index (χ0n) is 17.3. The van der Waals surface area contributed by atoms with Crippen molar-refractivity contribution < 1.29 is 9.59 Å². The summed E-state index contributed by atoms with van der Waals surface area (Å²) in [6.45, 7) is 2.36. The number of nitrogens with one attached hydrogen (secondary N) is 2. The topological polar surface area (TPSA) is 80.2 Å². The van der Waals surface area contributed by atoms with Crippen molar-refractivity contribution in [1.29, 1.82) is 0 Å². The lowest BCUT2D eigenvalue weighted by atomic mass is 10.1. The van der Waals surface area contributed by atoms with Gasteiger partial charge in [-0.2, -0.15) is 11.3 Å². The fourth-order valence-electron chi connectivity index (χ4n) is 3.45. The first kappa shape index (κ1) is 21.1. The van der Waals surface area contributed by atoms with E-state index in [1.54, 1.807) is 22.1 Å². The first-order valence-corrected chi connectivity index (χ1v) is 11.3. The second-order valence-corrected chi connectivity index (χ2v) is 8.81. The number of hydrogen-bond donors (Lipinski definition) is 2. The van der Waals surface area contributed by atoms with Crippen LogP contribution in [0.25, 0.3) is 0 Å². The van der Waals surface area contributed by atoms with Crippen LogP contribution >= 0.6 is 11.3 Å². The quantitative estimate of drug-likeness (QED) is 0.570. The van der Waals surface area contributed by atoms with Crippen molar-refractivity contribution in [3.05, 3.63) is 92.0 Å². The van der Waals surface area contributed by atoms with Crippen molar-refractivity contribution in [2.24, 2.45) is 0 Å². The van der Waals surface area contributed by atoms with Crippen molar-refractivity contribution >= 4 is 23.2 Å². The number of hydrogen-bond acceptors (Lipinski definition) is 4. The second-order valence-electron chi connectivity index (χ2n) is 8.03. The van der Waals surface area contributed by atoms with Crippen molar-refractivity contribution in [3.8, 4) is 0 Å². The summed E-state index contributed by atoms with van der Waals surface area (Å²) in [4.78, 5) is 38.7. The molecule has 6 nitrogen and oxygen atoms in total. The third kappa shape index (κ3) is 5.49. The summed E-state index contributed by atoms with van der Waals surface area (Å²) in [5.74, 6) is -0.883. The Kier molecular flexibility index (Phi) is 6.32. The van der Waals surface area contributed by atoms with Gasteiger partial charge >= 0.3 is 0 Å². The largest absolute Gasteiger partial charge is 0.349 e. The lowest BCUT2D eigenvalue weighted by Gasteiger charge is -2.15. The van der Waals surface area contributed by atoms with E-state index in [-0.39, 0.29) is 23.2 Å². The van der Waals surface area contributed by atoms with Gasteiger partial charge in [-0.25, -0.2) is 0 Å². The Balaban J connectivity index is 1.60. The summed E-state index contributed by atoms with van der Waals surface area (Å²) in [5.41, 5.74) is 1.59. The Bertz CT molecular complexity index is 1120. The number of rotatable bonds is 8. The Hall–Kier alpha value is -3.19. The molecule has 7 heteroatoms. The van der Waals surface area contributed by atoms with E-state index in [0.29, 0.717) is 13.0 Å². The van der Waals surface area contributed by atoms with Gasteiger partial charge in [0.2, 0.25) is 5.43 Å². The number of carbonyl (C=O) groups is 2. The number of nitrogens with zero attached hydrogens (tertiary/aromatic N) is 1. The molecule has 0 radical (unpaired) electrons. The molecule has 0 unspecified atom stereocenters. The van der Waals surface area contributed by atoms with Crippen LogP contribution in [0.4, 0.5) is 0 Å². The molecule has 1 saturated carbocycles. The lowest BCUT2D eigenvalue weighted by Crippen LogP contribution is -2.39. The van der Waals surface area contributed by atoms with Crippen LogP contribution < -0.4 is 16.1 Å². The normalized spacial score (nSPS) is 14.1. The SMILES string of the molecule is C[C@@H](Cc1ccsc1)NC(=O)c1cn(Cc2ccccc2)cc(C(=O)NC2CC2)c1=O. The lowest BCUT2D eigenvalue weighted by molar-refractivity contribution is 0.0938. The van der Waals surface area contributed by atoms with Crippen LogP contribution in [-0.2, 0) is 13.0 Å². The molecular formula is C24H25N3O3S. The molecule has 160 valence electrons. The van der Waals surface area contributed by atoms with Gasteiger partial charge < -0.3 is 15.2 Å². The van der Waals surface area contributed by atoms with E-state index in [9.17, 15) is 14.4 Å². The van der Waals surface area contributed by atoms with E-state index >= 15 is 0 Å². The first-order chi connectivity index (χ1) is 15.0. The Morgan fingerprint density at radius 2 is 1.77 bits per heavy atom. The van der Waals surface area contributed by atoms with Crippen LogP contribution in [0.15, 0.2) is 64.3 Å². The van der Waals surface area contributed by atoms with Crippen LogP contribution in [0.3, 0.4) is 0 Å². The highest BCUT2D eigenvalue weighted by molar-refractivity contribution is 7.07. The summed E-state index contributed by atoms with van der Waals surface area (Å²) in [6.07, 6.45) is 5.60. The van der Waals surface area contributed by atoms with Crippen LogP contribution in [0, 0.1) is 0 Å². The van der Waals surface area contributed by atoms with Gasteiger partial charge in [0.1, 0.15) is 11.1 Å². The summed E-state index contributed by atoms with van der Waals surface area (Å²) < 4.78 is 1.73. The molecule has 2 heterocycles. The molecule has 1 fully saturated rings. The predicted octanol–water partition coefficient (Wildman–Crippen LogP) is 3.21. The predicted molar refractivity (Wildman–Crippen MR) is 122 cm³/mol. The van der Waals surface area contributed by atoms with Gasteiger partial charge in [-0.1, -0.05) is 30.3 Å². The highest BCUT2D eigenvalue weighted by Crippen LogP contribution is 2.19. The number of aromatic nitrogens is 1. The van der Waals surface area contributed by atoms with Crippen molar-refractivity contribution in [2.45, 2.75) is 44.8 Å². The fraction of sp³-hybridized carbons (Fsp3) is 0.292. The molecule has 1 atom stereocenters. The number of benzene rings is 1. The molecule has 2 aromatic heterocycles. The molecule has 1 aliphatic rings. The number of carbonyl (C=O) groups excluding carboxylic acids is 2. The third-order valence-corrected chi connectivity index (χ3v) is 5.92. The zero-order chi connectivity index (χ0) is 21.8. The zero-order valence-corrected chi connectivity index (χ0v) is 18.2. The van der Waals surface area contributed by atoms with Gasteiger partial charge in [0, 0.05) is 31.0 Å². The van der Waals surface area contributed by atoms with E-state index in [0.717, 1.165) is 24.0 Å². The van der Waals surface area contributed by atoms with Crippen LogP contribution in [-0.4, -0.2) is 28.5 Å². The molecule has 0 spiro atoms. The summed E-state index contributed by atoms with van der Waals surface area (Å²) in [5, 5.41) is 9.80. The minimum atomic E-state index is -0.539. The van der Waals surface area contributed by atoms with Crippen molar-refractivity contribution in [2.75, 3.05) is 0 Å². The monoisotopic (exact) mass is 435 g/mol. The molecule has 31 heavy (non-hydrogen) atoms. The molecule has 0 bridgehead atoms. The first-order valence-electron chi connectivity index (χ1n) is 10.4. The van der Waals surface area contributed by atoms with Gasteiger partial charge in [-0.15, -0.1) is 0 Å². The summed E-state index contributed by atoms with van der Waals surface area (Å²) in [7, 11) is 0. The van der Waals surface area contributed by atoms with Crippen LogP contribution in [0.2, 0.25) is 0 Å². The highest BCUT2D eigenvalue weighted by Gasteiger charge is 2.27. The molecular weight excluding hydrogens is 410 g/mol. The van der Waals surface area contributed by atoms with E-state index in [4.69, 9.17) is 0 Å². The molecule has 2 N–H and O–H groups in total. The van der Waals surface area contributed by atoms with Crippen LogP contribution in [0.5, 0.6) is 0 Å². The number of thiophene rings is 1. The van der Waals surface area contributed by atoms with E-state index in [2.05, 4.69) is 10.6 Å². The molecule has 0 saturated heterocycles. The molecule has 1 aromatic carbocycles. The maximum Gasteiger partial charge on any atom is 0.256 e. The second kappa shape index (κ2) is 9.31. The van der Waals surface area contributed by atoms with E-state index in [1.807, 2.05) is 54.1 Å². The van der Waals surface area contributed by atoms with Gasteiger partial charge in [0.25, 0.3) is 11.8 Å². The standard InChI is InChI=1S/C24H25N3O3S/c1-16(11-18-9-10-31-15-18)25-23(29)20-13-27(12-17-5-3-2-4-6-17)14-21(22(20)28)24(30)26-19-7-8-19/h2-6,9-10,13-16,19H,7-8,11-12H2,1H3,(H,25,29)(H,26,30)/t16-/m0/s1. The van der Waals surface area contributed by atoms with Crippen molar-refractivity contribution in [3.63, 3.8) is 0 Å². The van der Waals surface area contributed by atoms with Gasteiger partial charge in [0.05, 0.1) is 0 Å². The van der Waals surface area contributed by atoms with Crippen molar-refractivity contribution in [1.82, 2.24) is 15.2 Å². The molecule has 3 aromatic rings. The number of pyridine rings is 1. The third-order valence-electron chi connectivity index (χ3n) is 5.19. The van der Waals surface area contributed by atoms with Gasteiger partial charge in [-0.3, -0.25) is 14.4 Å². The Morgan fingerprint density at radius 1 is 1.06 bits per heavy atom. The smallest absolute Gasteiger partial charge is 0.256 e. The Morgan fingerprint density at radius 3 is 2.42 bits per heavy atom. The minimum Gasteiger partial charge on any atom is -0.349 e. The summed E-state index contributed by atoms with van der Waals surface area (Å²) in [6, 6.07) is 11.7. The molecule has 1 aliphatic carbocycles. The minimum absolute atomic E-state index is 0.000897. The molecule has 2 amide bonds. The maximum atomic E-state index is 13.0. The average molecular weight is 436 g/mol. The Labute approximate surface area is 184 Å². The van der Waals surface area contributed by atoms with Crippen LogP contribution in [0.1, 0.15) is 51.6 Å². The number of amides is 2.